The Hall–Kier alpha value is -2.58. The number of nitrogens with zero attached hydrogens (tertiary/aromatic N) is 2. The fraction of sp³-hybridized carbons (Fsp3) is 0.435. The Labute approximate surface area is 183 Å². The molecule has 0 radical (unpaired) electrons. The Kier molecular flexibility index (Phi) is 6.20. The van der Waals surface area contributed by atoms with E-state index in [1.165, 1.54) is 10.4 Å². The molecule has 2 aliphatic rings. The van der Waals surface area contributed by atoms with Gasteiger partial charge in [-0.2, -0.15) is 4.31 Å². The summed E-state index contributed by atoms with van der Waals surface area (Å²) in [5, 5.41) is 0. The minimum absolute atomic E-state index is 0.0341. The Bertz CT molecular complexity index is 1030. The monoisotopic (exact) mass is 444 g/mol. The van der Waals surface area contributed by atoms with E-state index in [0.717, 1.165) is 5.56 Å². The van der Waals surface area contributed by atoms with Crippen molar-refractivity contribution in [2.75, 3.05) is 33.4 Å². The van der Waals surface area contributed by atoms with Gasteiger partial charge in [0.2, 0.25) is 15.9 Å². The summed E-state index contributed by atoms with van der Waals surface area (Å²) in [5.74, 6) is 0.898. The lowest BCUT2D eigenvalue weighted by molar-refractivity contribution is -0.137. The highest BCUT2D eigenvalue weighted by Gasteiger charge is 2.34. The number of hydrogen-bond donors (Lipinski definition) is 0. The predicted octanol–water partition coefficient (Wildman–Crippen LogP) is 3.08. The van der Waals surface area contributed by atoms with E-state index >= 15 is 0 Å². The van der Waals surface area contributed by atoms with Gasteiger partial charge in [-0.25, -0.2) is 8.42 Å². The summed E-state index contributed by atoms with van der Waals surface area (Å²) in [6.45, 7) is 3.51. The molecule has 0 spiro atoms. The molecule has 2 aliphatic heterocycles. The van der Waals surface area contributed by atoms with Crippen molar-refractivity contribution < 1.29 is 22.7 Å². The Balaban J connectivity index is 1.40. The molecule has 31 heavy (non-hydrogen) atoms. The largest absolute Gasteiger partial charge is 0.486 e. The normalized spacial score (nSPS) is 18.4. The molecule has 0 aromatic heterocycles. The SMILES string of the molecule is C[C@H](c1ccccc1)N(C)C(=O)C1CCN(S(=O)(=O)c2ccc3c(c2)OCCO3)CC1. The predicted molar refractivity (Wildman–Crippen MR) is 117 cm³/mol. The summed E-state index contributed by atoms with van der Waals surface area (Å²) < 4.78 is 38.7. The summed E-state index contributed by atoms with van der Waals surface area (Å²) in [5.41, 5.74) is 1.08. The van der Waals surface area contributed by atoms with Crippen LogP contribution in [0.5, 0.6) is 11.5 Å². The molecule has 2 heterocycles. The van der Waals surface area contributed by atoms with Gasteiger partial charge in [-0.1, -0.05) is 30.3 Å². The third-order valence-electron chi connectivity index (χ3n) is 6.17. The molecule has 0 N–H and O–H groups in total. The molecule has 4 rings (SSSR count). The lowest BCUT2D eigenvalue weighted by atomic mass is 9.95. The Morgan fingerprint density at radius 3 is 2.35 bits per heavy atom. The number of fused-ring (bicyclic) bond motifs is 1. The van der Waals surface area contributed by atoms with Crippen molar-refractivity contribution in [3.05, 3.63) is 54.1 Å². The third kappa shape index (κ3) is 4.41. The van der Waals surface area contributed by atoms with E-state index in [0.29, 0.717) is 50.6 Å². The van der Waals surface area contributed by atoms with Crippen LogP contribution >= 0.6 is 0 Å². The van der Waals surface area contributed by atoms with Gasteiger partial charge in [0.15, 0.2) is 11.5 Å². The molecule has 2 aromatic carbocycles. The molecule has 2 aromatic rings. The van der Waals surface area contributed by atoms with Crippen LogP contribution in [0.25, 0.3) is 0 Å². The van der Waals surface area contributed by atoms with Crippen molar-refractivity contribution >= 4 is 15.9 Å². The molecule has 166 valence electrons. The van der Waals surface area contributed by atoms with Crippen LogP contribution in [0.15, 0.2) is 53.4 Å². The van der Waals surface area contributed by atoms with E-state index in [9.17, 15) is 13.2 Å². The number of amides is 1. The zero-order valence-corrected chi connectivity index (χ0v) is 18.7. The van der Waals surface area contributed by atoms with Crippen molar-refractivity contribution in [1.29, 1.82) is 0 Å². The molecule has 1 saturated heterocycles. The summed E-state index contributed by atoms with van der Waals surface area (Å²) in [7, 11) is -1.83. The number of piperidine rings is 1. The maximum atomic E-state index is 13.1. The summed E-state index contributed by atoms with van der Waals surface area (Å²) >= 11 is 0. The summed E-state index contributed by atoms with van der Waals surface area (Å²) in [4.78, 5) is 15.0. The second-order valence-corrected chi connectivity index (χ2v) is 9.96. The zero-order chi connectivity index (χ0) is 22.0. The average molecular weight is 445 g/mol. The molecule has 1 amide bonds. The van der Waals surface area contributed by atoms with Gasteiger partial charge in [-0.3, -0.25) is 4.79 Å². The topological polar surface area (TPSA) is 76.2 Å². The molecule has 0 aliphatic carbocycles. The maximum Gasteiger partial charge on any atom is 0.243 e. The van der Waals surface area contributed by atoms with Crippen molar-refractivity contribution in [3.8, 4) is 11.5 Å². The first-order valence-corrected chi connectivity index (χ1v) is 12.0. The molecule has 1 atom stereocenters. The fourth-order valence-electron chi connectivity index (χ4n) is 4.11. The summed E-state index contributed by atoms with van der Waals surface area (Å²) in [6.07, 6.45) is 1.02. The van der Waals surface area contributed by atoms with Crippen LogP contribution in [-0.2, 0) is 14.8 Å². The number of hydrogen-bond acceptors (Lipinski definition) is 5. The molecule has 0 bridgehead atoms. The van der Waals surface area contributed by atoms with E-state index in [2.05, 4.69) is 0 Å². The molecular weight excluding hydrogens is 416 g/mol. The quantitative estimate of drug-likeness (QED) is 0.708. The lowest BCUT2D eigenvalue weighted by Crippen LogP contribution is -2.44. The number of rotatable bonds is 5. The number of sulfonamides is 1. The van der Waals surface area contributed by atoms with E-state index in [1.807, 2.05) is 44.3 Å². The van der Waals surface area contributed by atoms with Crippen molar-refractivity contribution in [1.82, 2.24) is 9.21 Å². The van der Waals surface area contributed by atoms with Gasteiger partial charge in [-0.15, -0.1) is 0 Å². The zero-order valence-electron chi connectivity index (χ0n) is 17.9. The highest BCUT2D eigenvalue weighted by Crippen LogP contribution is 2.34. The van der Waals surface area contributed by atoms with Gasteiger partial charge in [0.05, 0.1) is 10.9 Å². The minimum Gasteiger partial charge on any atom is -0.486 e. The first kappa shape index (κ1) is 21.6. The number of ether oxygens (including phenoxy) is 2. The highest BCUT2D eigenvalue weighted by molar-refractivity contribution is 7.89. The van der Waals surface area contributed by atoms with Crippen LogP contribution in [0.4, 0.5) is 0 Å². The number of carbonyl (C=O) groups is 1. The van der Waals surface area contributed by atoms with Crippen LogP contribution < -0.4 is 9.47 Å². The Morgan fingerprint density at radius 1 is 1.03 bits per heavy atom. The van der Waals surface area contributed by atoms with E-state index in [-0.39, 0.29) is 22.8 Å². The van der Waals surface area contributed by atoms with Crippen LogP contribution in [-0.4, -0.2) is 56.9 Å². The maximum absolute atomic E-state index is 13.1. The third-order valence-corrected chi connectivity index (χ3v) is 8.06. The molecule has 0 unspecified atom stereocenters. The van der Waals surface area contributed by atoms with E-state index in [4.69, 9.17) is 9.47 Å². The van der Waals surface area contributed by atoms with Gasteiger partial charge < -0.3 is 14.4 Å². The molecule has 7 nitrogen and oxygen atoms in total. The van der Waals surface area contributed by atoms with Crippen molar-refractivity contribution in [3.63, 3.8) is 0 Å². The van der Waals surface area contributed by atoms with Gasteiger partial charge in [0.25, 0.3) is 0 Å². The summed E-state index contributed by atoms with van der Waals surface area (Å²) in [6, 6.07) is 14.6. The van der Waals surface area contributed by atoms with Gasteiger partial charge in [-0.05, 0) is 37.5 Å². The molecular formula is C23H28N2O5S. The van der Waals surface area contributed by atoms with E-state index < -0.39 is 10.0 Å². The van der Waals surface area contributed by atoms with Crippen LogP contribution in [0, 0.1) is 5.92 Å². The number of carbonyl (C=O) groups excluding carboxylic acids is 1. The van der Waals surface area contributed by atoms with Crippen LogP contribution in [0.3, 0.4) is 0 Å². The van der Waals surface area contributed by atoms with Gasteiger partial charge in [0, 0.05) is 32.1 Å². The second-order valence-electron chi connectivity index (χ2n) is 8.02. The molecule has 0 saturated carbocycles. The fourth-order valence-corrected chi connectivity index (χ4v) is 5.60. The van der Waals surface area contributed by atoms with Crippen LogP contribution in [0.1, 0.15) is 31.4 Å². The number of benzene rings is 2. The second kappa shape index (κ2) is 8.88. The average Bonchev–Trinajstić information content (AvgIpc) is 2.83. The van der Waals surface area contributed by atoms with E-state index in [1.54, 1.807) is 17.0 Å². The van der Waals surface area contributed by atoms with Gasteiger partial charge in [0.1, 0.15) is 13.2 Å². The van der Waals surface area contributed by atoms with Crippen molar-refractivity contribution in [2.45, 2.75) is 30.7 Å². The van der Waals surface area contributed by atoms with Crippen molar-refractivity contribution in [2.24, 2.45) is 5.92 Å². The Morgan fingerprint density at radius 2 is 1.68 bits per heavy atom. The minimum atomic E-state index is -3.65. The first-order valence-electron chi connectivity index (χ1n) is 10.6. The van der Waals surface area contributed by atoms with Gasteiger partial charge >= 0.3 is 0 Å². The molecule has 1 fully saturated rings. The van der Waals surface area contributed by atoms with Crippen LogP contribution in [0.2, 0.25) is 0 Å². The standard InChI is InChI=1S/C23H28N2O5S/c1-17(18-6-4-3-5-7-18)24(2)23(26)19-10-12-25(13-11-19)31(27,28)20-8-9-21-22(16-20)30-15-14-29-21/h3-9,16-17,19H,10-15H2,1-2H3/t17-/m1/s1. The molecule has 8 heteroatoms. The highest BCUT2D eigenvalue weighted by atomic mass is 32.2. The smallest absolute Gasteiger partial charge is 0.243 e. The first-order chi connectivity index (χ1) is 14.9. The lowest BCUT2D eigenvalue weighted by Gasteiger charge is -2.34.